The van der Waals surface area contributed by atoms with Gasteiger partial charge in [-0.2, -0.15) is 0 Å². The average Bonchev–Trinajstić information content (AvgIpc) is 3.09. The molecule has 10 nitrogen and oxygen atoms in total. The Morgan fingerprint density at radius 3 is 2.65 bits per heavy atom. The van der Waals surface area contributed by atoms with Crippen molar-refractivity contribution in [2.24, 2.45) is 0 Å². The van der Waals surface area contributed by atoms with Gasteiger partial charge in [-0.25, -0.2) is 0 Å². The summed E-state index contributed by atoms with van der Waals surface area (Å²) in [7, 11) is 3.15. The van der Waals surface area contributed by atoms with Gasteiger partial charge in [0.15, 0.2) is 0 Å². The molecule has 1 heterocycles. The van der Waals surface area contributed by atoms with Gasteiger partial charge < -0.3 is 9.47 Å². The van der Waals surface area contributed by atoms with E-state index >= 15 is 0 Å². The second-order valence-corrected chi connectivity index (χ2v) is 6.15. The van der Waals surface area contributed by atoms with Crippen LogP contribution in [0.4, 0.5) is 7.65 Å². The molecule has 0 aliphatic carbocycles. The number of nitrogens with one attached hydrogen (secondary N) is 1. The average molecular weight is 571 g/mol. The number of rotatable bonds is 14. The van der Waals surface area contributed by atoms with Gasteiger partial charge in [0, 0.05) is 36.6 Å². The van der Waals surface area contributed by atoms with E-state index in [9.17, 15) is 7.65 Å². The Bertz CT molecular complexity index is 487. The third-order valence-electron chi connectivity index (χ3n) is 2.78. The number of amides is 1. The molecule has 1 atom stereocenters. The molecule has 1 amide bonds. The molecule has 0 saturated heterocycles. The minimum atomic E-state index is -1.84. The SMILES string of the molecule is COCCOCC(COC(=O)NCc1cn([IH]F)nn1)OCCOC.[Nb]. The summed E-state index contributed by atoms with van der Waals surface area (Å²) in [5.41, 5.74) is 0.454. The zero-order valence-corrected chi connectivity index (χ0v) is 19.2. The Morgan fingerprint density at radius 2 is 2.00 bits per heavy atom. The van der Waals surface area contributed by atoms with Crippen LogP contribution in [0.1, 0.15) is 5.69 Å². The number of carbonyl (C=O) groups is 1. The Balaban J connectivity index is 0.00000625. The van der Waals surface area contributed by atoms with Crippen LogP contribution in [0.25, 0.3) is 0 Å². The number of ether oxygens (including phenoxy) is 5. The van der Waals surface area contributed by atoms with Gasteiger partial charge in [0.25, 0.3) is 0 Å². The fourth-order valence-corrected chi connectivity index (χ4v) is 2.22. The molecule has 1 N–H and O–H groups in total. The molecule has 13 heteroatoms. The number of aromatic nitrogens is 3. The number of nitrogens with zero attached hydrogens (tertiary/aromatic N) is 3. The van der Waals surface area contributed by atoms with Crippen LogP contribution in [-0.2, 0) is 52.6 Å². The van der Waals surface area contributed by atoms with Crippen molar-refractivity contribution in [3.05, 3.63) is 11.9 Å². The van der Waals surface area contributed by atoms with Crippen molar-refractivity contribution in [1.82, 2.24) is 18.5 Å². The first-order chi connectivity index (χ1) is 12.2. The van der Waals surface area contributed by atoms with Crippen molar-refractivity contribution in [3.63, 3.8) is 0 Å². The number of hydrogen-bond donors (Lipinski definition) is 1. The molecular formula is C13H24FIN4NbO6. The predicted molar refractivity (Wildman–Crippen MR) is 94.4 cm³/mol. The Hall–Kier alpha value is -0.350. The monoisotopic (exact) mass is 571 g/mol. The molecule has 0 bridgehead atoms. The summed E-state index contributed by atoms with van der Waals surface area (Å²) in [6, 6.07) is 0. The number of methoxy groups -OCH3 is 2. The molecule has 1 radical (unpaired) electrons. The third kappa shape index (κ3) is 12.1. The van der Waals surface area contributed by atoms with Gasteiger partial charge in [-0.1, -0.05) is 0 Å². The molecule has 151 valence electrons. The van der Waals surface area contributed by atoms with Crippen molar-refractivity contribution in [2.75, 3.05) is 53.9 Å². The summed E-state index contributed by atoms with van der Waals surface area (Å²) in [5.74, 6) is 0. The second kappa shape index (κ2) is 16.8. The van der Waals surface area contributed by atoms with Crippen molar-refractivity contribution >= 4 is 28.1 Å². The first-order valence-corrected chi connectivity index (χ1v) is 9.40. The summed E-state index contributed by atoms with van der Waals surface area (Å²) in [5, 5.41) is 9.81. The number of halogens is 2. The van der Waals surface area contributed by atoms with Gasteiger partial charge in [0.05, 0.1) is 6.61 Å². The molecule has 1 unspecified atom stereocenters. The van der Waals surface area contributed by atoms with Gasteiger partial charge in [0.2, 0.25) is 0 Å². The van der Waals surface area contributed by atoms with E-state index in [1.54, 1.807) is 14.2 Å². The minimum Gasteiger partial charge on any atom is -0.382 e. The van der Waals surface area contributed by atoms with Gasteiger partial charge >= 0.3 is 126 Å². The van der Waals surface area contributed by atoms with E-state index in [1.807, 2.05) is 0 Å². The summed E-state index contributed by atoms with van der Waals surface area (Å²) < 4.78 is 39.4. The maximum absolute atomic E-state index is 12.5. The Kier molecular flexibility index (Phi) is 16.6. The van der Waals surface area contributed by atoms with Crippen LogP contribution in [0.3, 0.4) is 0 Å². The van der Waals surface area contributed by atoms with E-state index in [-0.39, 0.29) is 42.1 Å². The normalized spacial score (nSPS) is 11.8. The van der Waals surface area contributed by atoms with Crippen LogP contribution < -0.4 is 5.32 Å². The number of alkyl carbamates (subject to hydrolysis) is 1. The van der Waals surface area contributed by atoms with E-state index in [4.69, 9.17) is 23.7 Å². The first kappa shape index (κ1) is 25.7. The molecule has 0 saturated carbocycles. The Labute approximate surface area is 178 Å². The van der Waals surface area contributed by atoms with Gasteiger partial charge in [-0.05, 0) is 0 Å². The number of hydrogen-bond acceptors (Lipinski definition) is 8. The molecule has 26 heavy (non-hydrogen) atoms. The smallest absolute Gasteiger partial charge is 0.382 e. The molecular weight excluding hydrogens is 547 g/mol. The Morgan fingerprint density at radius 1 is 1.27 bits per heavy atom. The van der Waals surface area contributed by atoms with Crippen LogP contribution >= 0.6 is 22.1 Å². The number of carbonyl (C=O) groups excluding carboxylic acids is 1. The summed E-state index contributed by atoms with van der Waals surface area (Å²) in [6.07, 6.45) is 0.391. The fraction of sp³-hybridized carbons (Fsp3) is 0.769. The molecule has 0 aromatic carbocycles. The van der Waals surface area contributed by atoms with Crippen LogP contribution in [0, 0.1) is 0 Å². The van der Waals surface area contributed by atoms with Gasteiger partial charge in [-0.15, -0.1) is 0 Å². The third-order valence-corrected chi connectivity index (χ3v) is 3.70. The first-order valence-electron chi connectivity index (χ1n) is 7.47. The minimum absolute atomic E-state index is 0. The molecule has 0 aliphatic rings. The van der Waals surface area contributed by atoms with Crippen molar-refractivity contribution < 1.29 is 53.7 Å². The topological polar surface area (TPSA) is 106 Å². The van der Waals surface area contributed by atoms with Crippen molar-refractivity contribution in [3.8, 4) is 0 Å². The van der Waals surface area contributed by atoms with E-state index in [0.29, 0.717) is 32.1 Å². The summed E-state index contributed by atoms with van der Waals surface area (Å²) >= 11 is -1.84. The summed E-state index contributed by atoms with van der Waals surface area (Å²) in [6.45, 7) is 2.05. The molecule has 0 spiro atoms. The molecule has 1 rings (SSSR count). The van der Waals surface area contributed by atoms with Gasteiger partial charge in [0.1, 0.15) is 0 Å². The molecule has 0 aliphatic heterocycles. The van der Waals surface area contributed by atoms with E-state index in [1.165, 1.54) is 6.20 Å². The predicted octanol–water partition coefficient (Wildman–Crippen LogP) is 0.547. The van der Waals surface area contributed by atoms with E-state index in [2.05, 4.69) is 15.6 Å². The zero-order chi connectivity index (χ0) is 18.3. The summed E-state index contributed by atoms with van der Waals surface area (Å²) in [4.78, 5) is 11.7. The van der Waals surface area contributed by atoms with Crippen LogP contribution in [0.2, 0.25) is 0 Å². The quantitative estimate of drug-likeness (QED) is 0.196. The van der Waals surface area contributed by atoms with E-state index < -0.39 is 34.2 Å². The molecule has 1 aromatic heterocycles. The van der Waals surface area contributed by atoms with Crippen LogP contribution in [0.15, 0.2) is 6.20 Å². The second-order valence-electron chi connectivity index (χ2n) is 4.69. The zero-order valence-electron chi connectivity index (χ0n) is 14.6. The fourth-order valence-electron chi connectivity index (χ4n) is 1.58. The molecule has 0 fully saturated rings. The maximum atomic E-state index is 12.5. The van der Waals surface area contributed by atoms with Crippen molar-refractivity contribution in [2.45, 2.75) is 12.6 Å². The molecule has 1 aromatic rings. The van der Waals surface area contributed by atoms with E-state index in [0.717, 1.165) is 2.90 Å². The van der Waals surface area contributed by atoms with Crippen LogP contribution in [0.5, 0.6) is 0 Å². The van der Waals surface area contributed by atoms with Gasteiger partial charge in [-0.3, -0.25) is 0 Å². The standard InChI is InChI=1S/C13H24FIN4O6.Nb/c1-21-3-5-23-9-12(24-6-4-22-2)10-25-13(20)16-7-11-8-19(15-14)18-17-11;/h8,12,15H,3-7,9-10H2,1-2H3,(H,16,20);. The van der Waals surface area contributed by atoms with Crippen molar-refractivity contribution in [1.29, 1.82) is 0 Å². The van der Waals surface area contributed by atoms with Crippen LogP contribution in [-0.4, -0.2) is 79.3 Å².